The smallest absolute Gasteiger partial charge is 0.416 e. The molecular weight excluding hydrogens is 307 g/mol. The van der Waals surface area contributed by atoms with E-state index in [1.807, 2.05) is 12.1 Å². The maximum absolute atomic E-state index is 12.7. The predicted molar refractivity (Wildman–Crippen MR) is 80.3 cm³/mol. The highest BCUT2D eigenvalue weighted by Crippen LogP contribution is 2.31. The number of rotatable bonds is 2. The number of carbonyl (C=O) groups is 1. The van der Waals surface area contributed by atoms with Gasteiger partial charge in [0.05, 0.1) is 5.56 Å². The summed E-state index contributed by atoms with van der Waals surface area (Å²) in [5, 5.41) is 3.23. The minimum atomic E-state index is -4.46. The summed E-state index contributed by atoms with van der Waals surface area (Å²) in [6.45, 7) is 1.73. The van der Waals surface area contributed by atoms with E-state index in [9.17, 15) is 18.0 Å². The molecule has 0 saturated heterocycles. The molecule has 1 amide bonds. The average Bonchev–Trinajstić information content (AvgIpc) is 2.84. The van der Waals surface area contributed by atoms with Gasteiger partial charge in [-0.3, -0.25) is 4.79 Å². The van der Waals surface area contributed by atoms with E-state index in [1.165, 1.54) is 12.1 Å². The molecule has 1 heterocycles. The standard InChI is InChI=1S/C17H12F3NO2/c1-10-13-7-2-3-8-14(13)23-15(10)16(22)21-12-6-4-5-11(9-12)17(18,19)20/h2-9H,1H3,(H,21,22). The van der Waals surface area contributed by atoms with E-state index >= 15 is 0 Å². The first kappa shape index (κ1) is 15.1. The Bertz CT molecular complexity index is 881. The summed E-state index contributed by atoms with van der Waals surface area (Å²) in [6, 6.07) is 11.6. The Labute approximate surface area is 129 Å². The first-order valence-electron chi connectivity index (χ1n) is 6.83. The quantitative estimate of drug-likeness (QED) is 0.721. The van der Waals surface area contributed by atoms with Crippen LogP contribution in [0.1, 0.15) is 21.7 Å². The molecule has 0 radical (unpaired) electrons. The van der Waals surface area contributed by atoms with Crippen molar-refractivity contribution in [2.45, 2.75) is 13.1 Å². The van der Waals surface area contributed by atoms with Crippen molar-refractivity contribution in [1.29, 1.82) is 0 Å². The van der Waals surface area contributed by atoms with Gasteiger partial charge in [0.1, 0.15) is 5.58 Å². The zero-order chi connectivity index (χ0) is 16.6. The van der Waals surface area contributed by atoms with Crippen molar-refractivity contribution in [2.75, 3.05) is 5.32 Å². The molecule has 0 spiro atoms. The predicted octanol–water partition coefficient (Wildman–Crippen LogP) is 5.01. The van der Waals surface area contributed by atoms with Gasteiger partial charge in [-0.05, 0) is 31.2 Å². The van der Waals surface area contributed by atoms with Gasteiger partial charge in [-0.2, -0.15) is 13.2 Å². The van der Waals surface area contributed by atoms with Crippen LogP contribution in [-0.2, 0) is 6.18 Å². The van der Waals surface area contributed by atoms with Crippen molar-refractivity contribution in [1.82, 2.24) is 0 Å². The second-order valence-electron chi connectivity index (χ2n) is 5.09. The largest absolute Gasteiger partial charge is 0.451 e. The van der Waals surface area contributed by atoms with Crippen LogP contribution in [-0.4, -0.2) is 5.91 Å². The Kier molecular flexibility index (Phi) is 3.60. The topological polar surface area (TPSA) is 42.2 Å². The van der Waals surface area contributed by atoms with Gasteiger partial charge in [0.15, 0.2) is 5.76 Å². The van der Waals surface area contributed by atoms with E-state index in [0.717, 1.165) is 17.5 Å². The molecule has 0 saturated carbocycles. The molecule has 2 aromatic carbocycles. The Balaban J connectivity index is 1.91. The van der Waals surface area contributed by atoms with E-state index in [0.29, 0.717) is 11.1 Å². The number of nitrogens with one attached hydrogen (secondary N) is 1. The summed E-state index contributed by atoms with van der Waals surface area (Å²) in [6.07, 6.45) is -4.46. The molecule has 0 aliphatic carbocycles. The number of alkyl halides is 3. The second kappa shape index (κ2) is 5.46. The van der Waals surface area contributed by atoms with Crippen LogP contribution in [0.25, 0.3) is 11.0 Å². The Hall–Kier alpha value is -2.76. The van der Waals surface area contributed by atoms with E-state index in [-0.39, 0.29) is 11.4 Å². The number of halogens is 3. The Morgan fingerprint density at radius 2 is 1.83 bits per heavy atom. The van der Waals surface area contributed by atoms with Gasteiger partial charge in [-0.1, -0.05) is 24.3 Å². The second-order valence-corrected chi connectivity index (χ2v) is 5.09. The molecule has 0 unspecified atom stereocenters. The van der Waals surface area contributed by atoms with Crippen LogP contribution in [0.2, 0.25) is 0 Å². The van der Waals surface area contributed by atoms with Crippen molar-refractivity contribution in [2.24, 2.45) is 0 Å². The van der Waals surface area contributed by atoms with Crippen LogP contribution < -0.4 is 5.32 Å². The fourth-order valence-electron chi connectivity index (χ4n) is 2.35. The number of para-hydroxylation sites is 1. The third-order valence-electron chi connectivity index (χ3n) is 3.50. The zero-order valence-corrected chi connectivity index (χ0v) is 12.1. The maximum atomic E-state index is 12.7. The van der Waals surface area contributed by atoms with Gasteiger partial charge in [-0.25, -0.2) is 0 Å². The highest BCUT2D eigenvalue weighted by molar-refractivity contribution is 6.06. The monoisotopic (exact) mass is 319 g/mol. The summed E-state index contributed by atoms with van der Waals surface area (Å²) >= 11 is 0. The molecule has 0 fully saturated rings. The number of amides is 1. The maximum Gasteiger partial charge on any atom is 0.416 e. The molecule has 23 heavy (non-hydrogen) atoms. The van der Waals surface area contributed by atoms with E-state index in [4.69, 9.17) is 4.42 Å². The van der Waals surface area contributed by atoms with E-state index in [1.54, 1.807) is 19.1 Å². The first-order chi connectivity index (χ1) is 10.9. The number of benzene rings is 2. The number of hydrogen-bond donors (Lipinski definition) is 1. The summed E-state index contributed by atoms with van der Waals surface area (Å²) in [7, 11) is 0. The van der Waals surface area contributed by atoms with Crippen LogP contribution in [0, 0.1) is 6.92 Å². The lowest BCUT2D eigenvalue weighted by atomic mass is 10.1. The lowest BCUT2D eigenvalue weighted by Crippen LogP contribution is -2.13. The first-order valence-corrected chi connectivity index (χ1v) is 6.83. The number of hydrogen-bond acceptors (Lipinski definition) is 2. The van der Waals surface area contributed by atoms with Crippen LogP contribution in [0.15, 0.2) is 52.9 Å². The normalized spacial score (nSPS) is 11.7. The molecule has 3 nitrogen and oxygen atoms in total. The fraction of sp³-hybridized carbons (Fsp3) is 0.118. The summed E-state index contributed by atoms with van der Waals surface area (Å²) in [4.78, 5) is 12.3. The van der Waals surface area contributed by atoms with E-state index < -0.39 is 17.6 Å². The molecule has 118 valence electrons. The lowest BCUT2D eigenvalue weighted by molar-refractivity contribution is -0.137. The minimum absolute atomic E-state index is 0.0599. The van der Waals surface area contributed by atoms with Crippen molar-refractivity contribution in [3.05, 3.63) is 65.4 Å². The third kappa shape index (κ3) is 2.92. The molecule has 3 aromatic rings. The number of carbonyl (C=O) groups excluding carboxylic acids is 1. The Morgan fingerprint density at radius 1 is 1.09 bits per heavy atom. The van der Waals surface area contributed by atoms with Gasteiger partial charge in [0, 0.05) is 16.6 Å². The van der Waals surface area contributed by atoms with Crippen LogP contribution >= 0.6 is 0 Å². The Morgan fingerprint density at radius 3 is 2.52 bits per heavy atom. The minimum Gasteiger partial charge on any atom is -0.451 e. The molecule has 0 aliphatic rings. The molecule has 0 atom stereocenters. The average molecular weight is 319 g/mol. The van der Waals surface area contributed by atoms with Crippen LogP contribution in [0.5, 0.6) is 0 Å². The SMILES string of the molecule is Cc1c(C(=O)Nc2cccc(C(F)(F)F)c2)oc2ccccc12. The van der Waals surface area contributed by atoms with Crippen molar-refractivity contribution >= 4 is 22.6 Å². The summed E-state index contributed by atoms with van der Waals surface area (Å²) in [5.41, 5.74) is 0.436. The molecule has 1 aromatic heterocycles. The van der Waals surface area contributed by atoms with E-state index in [2.05, 4.69) is 5.32 Å². The fourth-order valence-corrected chi connectivity index (χ4v) is 2.35. The number of anilines is 1. The molecular formula is C17H12F3NO2. The van der Waals surface area contributed by atoms with Gasteiger partial charge in [-0.15, -0.1) is 0 Å². The van der Waals surface area contributed by atoms with Crippen LogP contribution in [0.4, 0.5) is 18.9 Å². The summed E-state index contributed by atoms with van der Waals surface area (Å²) < 4.78 is 43.6. The van der Waals surface area contributed by atoms with Crippen molar-refractivity contribution in [3.63, 3.8) is 0 Å². The zero-order valence-electron chi connectivity index (χ0n) is 12.1. The molecule has 1 N–H and O–H groups in total. The van der Waals surface area contributed by atoms with Crippen molar-refractivity contribution < 1.29 is 22.4 Å². The number of furan rings is 1. The van der Waals surface area contributed by atoms with Gasteiger partial charge >= 0.3 is 6.18 Å². The highest BCUT2D eigenvalue weighted by Gasteiger charge is 2.30. The lowest BCUT2D eigenvalue weighted by Gasteiger charge is -2.09. The molecule has 0 aliphatic heterocycles. The number of fused-ring (bicyclic) bond motifs is 1. The van der Waals surface area contributed by atoms with Gasteiger partial charge in [0.2, 0.25) is 0 Å². The molecule has 3 rings (SSSR count). The van der Waals surface area contributed by atoms with Crippen molar-refractivity contribution in [3.8, 4) is 0 Å². The number of aryl methyl sites for hydroxylation is 1. The molecule has 6 heteroatoms. The molecule has 0 bridgehead atoms. The third-order valence-corrected chi connectivity index (χ3v) is 3.50. The van der Waals surface area contributed by atoms with Gasteiger partial charge < -0.3 is 9.73 Å². The van der Waals surface area contributed by atoms with Gasteiger partial charge in [0.25, 0.3) is 5.91 Å². The van der Waals surface area contributed by atoms with Crippen LogP contribution in [0.3, 0.4) is 0 Å². The summed E-state index contributed by atoms with van der Waals surface area (Å²) in [5.74, 6) is -0.498. The highest BCUT2D eigenvalue weighted by atomic mass is 19.4.